The third kappa shape index (κ3) is 1.38. The van der Waals surface area contributed by atoms with E-state index < -0.39 is 0 Å². The fraction of sp³-hybridized carbons (Fsp3) is 0.111. The van der Waals surface area contributed by atoms with Crippen molar-refractivity contribution in [2.24, 2.45) is 0 Å². The fourth-order valence-corrected chi connectivity index (χ4v) is 1.18. The Morgan fingerprint density at radius 1 is 1.46 bits per heavy atom. The first-order chi connectivity index (χ1) is 6.27. The van der Waals surface area contributed by atoms with Gasteiger partial charge in [0, 0.05) is 18.1 Å². The van der Waals surface area contributed by atoms with Crippen LogP contribution in [0.1, 0.15) is 5.69 Å². The Morgan fingerprint density at radius 2 is 2.31 bits per heavy atom. The predicted molar refractivity (Wildman–Crippen MR) is 50.5 cm³/mol. The molecule has 0 aliphatic carbocycles. The number of imidazole rings is 1. The van der Waals surface area contributed by atoms with E-state index in [1.165, 1.54) is 0 Å². The highest BCUT2D eigenvalue weighted by molar-refractivity contribution is 5.56. The number of anilines is 1. The number of rotatable bonds is 1. The zero-order valence-corrected chi connectivity index (χ0v) is 7.31. The lowest BCUT2D eigenvalue weighted by molar-refractivity contribution is 1.04. The van der Waals surface area contributed by atoms with Gasteiger partial charge in [0.05, 0.1) is 23.9 Å². The lowest BCUT2D eigenvalue weighted by Gasteiger charge is -2.05. The fourth-order valence-electron chi connectivity index (χ4n) is 1.18. The number of aryl methyl sites for hydroxylation is 1. The standard InChI is InChI=1S/C9H10N4/c1-7-4-9(8(10)5-12-7)13-3-2-11-6-13/h2-6H,10H2,1H3. The maximum Gasteiger partial charge on any atom is 0.0992 e. The molecule has 0 aromatic carbocycles. The molecular weight excluding hydrogens is 164 g/mol. The highest BCUT2D eigenvalue weighted by Gasteiger charge is 2.01. The molecule has 0 spiro atoms. The average Bonchev–Trinajstić information content (AvgIpc) is 2.61. The third-order valence-electron chi connectivity index (χ3n) is 1.83. The molecule has 2 aromatic heterocycles. The van der Waals surface area contributed by atoms with E-state index in [4.69, 9.17) is 5.73 Å². The van der Waals surface area contributed by atoms with Crippen molar-refractivity contribution in [2.75, 3.05) is 5.73 Å². The highest BCUT2D eigenvalue weighted by atomic mass is 15.0. The van der Waals surface area contributed by atoms with Crippen LogP contribution in [0, 0.1) is 6.92 Å². The molecular formula is C9H10N4. The highest BCUT2D eigenvalue weighted by Crippen LogP contribution is 2.15. The van der Waals surface area contributed by atoms with Gasteiger partial charge < -0.3 is 10.3 Å². The summed E-state index contributed by atoms with van der Waals surface area (Å²) in [5, 5.41) is 0. The molecule has 2 heterocycles. The van der Waals surface area contributed by atoms with E-state index in [1.807, 2.05) is 23.8 Å². The summed E-state index contributed by atoms with van der Waals surface area (Å²) in [6.07, 6.45) is 6.94. The number of hydrogen-bond acceptors (Lipinski definition) is 3. The second-order valence-electron chi connectivity index (χ2n) is 2.85. The second-order valence-corrected chi connectivity index (χ2v) is 2.85. The van der Waals surface area contributed by atoms with Crippen molar-refractivity contribution in [3.63, 3.8) is 0 Å². The molecule has 0 unspecified atom stereocenters. The molecule has 4 nitrogen and oxygen atoms in total. The Hall–Kier alpha value is -1.84. The Labute approximate surface area is 76.1 Å². The normalized spacial score (nSPS) is 10.2. The summed E-state index contributed by atoms with van der Waals surface area (Å²) >= 11 is 0. The summed E-state index contributed by atoms with van der Waals surface area (Å²) in [4.78, 5) is 8.05. The zero-order valence-electron chi connectivity index (χ0n) is 7.31. The van der Waals surface area contributed by atoms with Gasteiger partial charge in [-0.25, -0.2) is 4.98 Å². The first-order valence-corrected chi connectivity index (χ1v) is 3.98. The monoisotopic (exact) mass is 174 g/mol. The summed E-state index contributed by atoms with van der Waals surface area (Å²) in [5.41, 5.74) is 8.29. The van der Waals surface area contributed by atoms with Crippen molar-refractivity contribution in [3.05, 3.63) is 36.7 Å². The van der Waals surface area contributed by atoms with Crippen LogP contribution < -0.4 is 5.73 Å². The van der Waals surface area contributed by atoms with Crippen LogP contribution in [0.15, 0.2) is 31.0 Å². The van der Waals surface area contributed by atoms with Gasteiger partial charge in [-0.15, -0.1) is 0 Å². The van der Waals surface area contributed by atoms with E-state index in [0.717, 1.165) is 11.4 Å². The topological polar surface area (TPSA) is 56.7 Å². The summed E-state index contributed by atoms with van der Waals surface area (Å²) in [6, 6.07) is 1.93. The molecule has 0 amide bonds. The SMILES string of the molecule is Cc1cc(-n2ccnc2)c(N)cn1. The predicted octanol–water partition coefficient (Wildman–Crippen LogP) is 1.16. The molecule has 0 aliphatic heterocycles. The Kier molecular flexibility index (Phi) is 1.73. The summed E-state index contributed by atoms with van der Waals surface area (Å²) in [5.74, 6) is 0. The average molecular weight is 174 g/mol. The first-order valence-electron chi connectivity index (χ1n) is 3.98. The smallest absolute Gasteiger partial charge is 0.0992 e. The Morgan fingerprint density at radius 3 is 3.00 bits per heavy atom. The van der Waals surface area contributed by atoms with Gasteiger partial charge in [-0.1, -0.05) is 0 Å². The lowest BCUT2D eigenvalue weighted by Crippen LogP contribution is -1.99. The minimum atomic E-state index is 0.656. The second kappa shape index (κ2) is 2.90. The van der Waals surface area contributed by atoms with Gasteiger partial charge >= 0.3 is 0 Å². The van der Waals surface area contributed by atoms with Gasteiger partial charge in [-0.05, 0) is 13.0 Å². The van der Waals surface area contributed by atoms with E-state index >= 15 is 0 Å². The number of nitrogen functional groups attached to an aromatic ring is 1. The number of pyridine rings is 1. The van der Waals surface area contributed by atoms with Crippen molar-refractivity contribution in [1.29, 1.82) is 0 Å². The van der Waals surface area contributed by atoms with Crippen LogP contribution in [0.4, 0.5) is 5.69 Å². The summed E-state index contributed by atoms with van der Waals surface area (Å²) < 4.78 is 1.87. The summed E-state index contributed by atoms with van der Waals surface area (Å²) in [6.45, 7) is 1.93. The first kappa shape index (κ1) is 7.79. The summed E-state index contributed by atoms with van der Waals surface area (Å²) in [7, 11) is 0. The molecule has 0 fully saturated rings. The maximum atomic E-state index is 5.77. The van der Waals surface area contributed by atoms with Crippen molar-refractivity contribution >= 4 is 5.69 Å². The zero-order chi connectivity index (χ0) is 9.26. The van der Waals surface area contributed by atoms with E-state index in [9.17, 15) is 0 Å². The van der Waals surface area contributed by atoms with Crippen LogP contribution in [0.3, 0.4) is 0 Å². The van der Waals surface area contributed by atoms with Crippen LogP contribution in [0.5, 0.6) is 0 Å². The maximum absolute atomic E-state index is 5.77. The van der Waals surface area contributed by atoms with Gasteiger partial charge in [0.2, 0.25) is 0 Å². The largest absolute Gasteiger partial charge is 0.396 e. The van der Waals surface area contributed by atoms with Crippen molar-refractivity contribution < 1.29 is 0 Å². The van der Waals surface area contributed by atoms with Crippen LogP contribution in [-0.4, -0.2) is 14.5 Å². The molecule has 0 saturated heterocycles. The molecule has 0 radical (unpaired) electrons. The van der Waals surface area contributed by atoms with E-state index in [0.29, 0.717) is 5.69 Å². The van der Waals surface area contributed by atoms with Gasteiger partial charge in [0.25, 0.3) is 0 Å². The van der Waals surface area contributed by atoms with Crippen LogP contribution in [0.2, 0.25) is 0 Å². The molecule has 0 atom stereocenters. The molecule has 66 valence electrons. The van der Waals surface area contributed by atoms with Gasteiger partial charge in [0.1, 0.15) is 0 Å². The number of nitrogens with zero attached hydrogens (tertiary/aromatic N) is 3. The van der Waals surface area contributed by atoms with Crippen molar-refractivity contribution in [2.45, 2.75) is 6.92 Å². The molecule has 2 aromatic rings. The van der Waals surface area contributed by atoms with Gasteiger partial charge in [0.15, 0.2) is 0 Å². The van der Waals surface area contributed by atoms with Gasteiger partial charge in [-0.3, -0.25) is 4.98 Å². The van der Waals surface area contributed by atoms with Crippen LogP contribution in [-0.2, 0) is 0 Å². The van der Waals surface area contributed by atoms with Crippen molar-refractivity contribution in [3.8, 4) is 5.69 Å². The van der Waals surface area contributed by atoms with E-state index in [1.54, 1.807) is 18.7 Å². The molecule has 4 heteroatoms. The Balaban J connectivity index is 2.57. The van der Waals surface area contributed by atoms with E-state index in [2.05, 4.69) is 9.97 Å². The molecule has 0 aliphatic rings. The molecule has 13 heavy (non-hydrogen) atoms. The van der Waals surface area contributed by atoms with Crippen molar-refractivity contribution in [1.82, 2.24) is 14.5 Å². The number of hydrogen-bond donors (Lipinski definition) is 1. The van der Waals surface area contributed by atoms with Crippen LogP contribution >= 0.6 is 0 Å². The molecule has 2 rings (SSSR count). The number of nitrogens with two attached hydrogens (primary N) is 1. The molecule has 2 N–H and O–H groups in total. The number of aromatic nitrogens is 3. The van der Waals surface area contributed by atoms with Gasteiger partial charge in [-0.2, -0.15) is 0 Å². The van der Waals surface area contributed by atoms with E-state index in [-0.39, 0.29) is 0 Å². The minimum absolute atomic E-state index is 0.656. The third-order valence-corrected chi connectivity index (χ3v) is 1.83. The minimum Gasteiger partial charge on any atom is -0.396 e. The lowest BCUT2D eigenvalue weighted by atomic mass is 10.3. The quantitative estimate of drug-likeness (QED) is 0.705. The molecule has 0 saturated carbocycles. The Bertz CT molecular complexity index is 406. The van der Waals surface area contributed by atoms with Crippen LogP contribution in [0.25, 0.3) is 5.69 Å². The molecule has 0 bridgehead atoms.